The molecule has 1 amide bonds. The molecule has 3 N–H and O–H groups in total. The van der Waals surface area contributed by atoms with E-state index in [-0.39, 0.29) is 12.5 Å². The van der Waals surface area contributed by atoms with Gasteiger partial charge in [-0.05, 0) is 31.0 Å². The maximum absolute atomic E-state index is 11.4. The highest BCUT2D eigenvalue weighted by molar-refractivity contribution is 6.33. The maximum atomic E-state index is 11.4. The molecule has 21 heavy (non-hydrogen) atoms. The van der Waals surface area contributed by atoms with Crippen molar-refractivity contribution in [2.24, 2.45) is 5.73 Å². The lowest BCUT2D eigenvalue weighted by molar-refractivity contribution is -0.116. The van der Waals surface area contributed by atoms with Gasteiger partial charge in [-0.3, -0.25) is 4.79 Å². The number of amides is 1. The third-order valence-corrected chi connectivity index (χ3v) is 3.56. The van der Waals surface area contributed by atoms with Crippen LogP contribution in [0.4, 0.5) is 5.69 Å². The number of unbranched alkanes of at least 4 members (excludes halogenated alkanes) is 1. The molecule has 0 aliphatic carbocycles. The first-order valence-electron chi connectivity index (χ1n) is 7.61. The molecular formula is C16H26ClN3O. The Balaban J connectivity index is 2.99. The van der Waals surface area contributed by atoms with Crippen LogP contribution < -0.4 is 16.0 Å². The molecule has 0 radical (unpaired) electrons. The molecule has 0 aliphatic rings. The van der Waals surface area contributed by atoms with E-state index in [9.17, 15) is 4.79 Å². The van der Waals surface area contributed by atoms with Crippen molar-refractivity contribution < 1.29 is 4.79 Å². The van der Waals surface area contributed by atoms with Gasteiger partial charge in [0, 0.05) is 13.1 Å². The van der Waals surface area contributed by atoms with Crippen LogP contribution in [0.1, 0.15) is 38.7 Å². The Kier molecular flexibility index (Phi) is 8.16. The summed E-state index contributed by atoms with van der Waals surface area (Å²) < 4.78 is 0. The Bertz CT molecular complexity index is 451. The highest BCUT2D eigenvalue weighted by Crippen LogP contribution is 2.30. The van der Waals surface area contributed by atoms with Crippen LogP contribution in [0, 0.1) is 0 Å². The molecule has 0 heterocycles. The van der Waals surface area contributed by atoms with E-state index in [4.69, 9.17) is 17.3 Å². The molecule has 4 nitrogen and oxygen atoms in total. The standard InChI is InChI=1S/C16H26ClN3O/c1-3-5-10-20(12-15(18)21)16-13(11-19-9-4-2)7-6-8-14(16)17/h6-8,19H,3-5,9-12H2,1-2H3,(H2,18,21). The van der Waals surface area contributed by atoms with Crippen molar-refractivity contribution in [3.05, 3.63) is 28.8 Å². The SMILES string of the molecule is CCCCN(CC(N)=O)c1c(Cl)cccc1CNCCC. The van der Waals surface area contributed by atoms with Crippen LogP contribution in [0.25, 0.3) is 0 Å². The van der Waals surface area contributed by atoms with Crippen LogP contribution >= 0.6 is 11.6 Å². The van der Waals surface area contributed by atoms with E-state index < -0.39 is 0 Å². The highest BCUT2D eigenvalue weighted by atomic mass is 35.5. The van der Waals surface area contributed by atoms with Crippen LogP contribution in [0.2, 0.25) is 5.02 Å². The van der Waals surface area contributed by atoms with Gasteiger partial charge in [0.25, 0.3) is 0 Å². The first-order chi connectivity index (χ1) is 10.1. The Labute approximate surface area is 132 Å². The van der Waals surface area contributed by atoms with Crippen molar-refractivity contribution in [2.75, 3.05) is 24.5 Å². The van der Waals surface area contributed by atoms with Gasteiger partial charge in [0.15, 0.2) is 0 Å². The van der Waals surface area contributed by atoms with Crippen molar-refractivity contribution in [3.8, 4) is 0 Å². The molecule has 0 unspecified atom stereocenters. The number of nitrogens with zero attached hydrogens (tertiary/aromatic N) is 1. The Morgan fingerprint density at radius 3 is 2.71 bits per heavy atom. The molecule has 118 valence electrons. The minimum absolute atomic E-state index is 0.199. The highest BCUT2D eigenvalue weighted by Gasteiger charge is 2.16. The lowest BCUT2D eigenvalue weighted by Crippen LogP contribution is -2.35. The largest absolute Gasteiger partial charge is 0.368 e. The average molecular weight is 312 g/mol. The van der Waals surface area contributed by atoms with Crippen molar-refractivity contribution in [2.45, 2.75) is 39.7 Å². The van der Waals surface area contributed by atoms with E-state index in [1.807, 2.05) is 23.1 Å². The third-order valence-electron chi connectivity index (χ3n) is 3.26. The fourth-order valence-corrected chi connectivity index (χ4v) is 2.58. The van der Waals surface area contributed by atoms with Gasteiger partial charge in [-0.15, -0.1) is 0 Å². The predicted octanol–water partition coefficient (Wildman–Crippen LogP) is 2.93. The number of hydrogen-bond donors (Lipinski definition) is 2. The van der Waals surface area contributed by atoms with E-state index in [1.54, 1.807) is 0 Å². The average Bonchev–Trinajstić information content (AvgIpc) is 2.44. The van der Waals surface area contributed by atoms with Gasteiger partial charge in [-0.25, -0.2) is 0 Å². The van der Waals surface area contributed by atoms with Crippen LogP contribution in [0.15, 0.2) is 18.2 Å². The molecule has 5 heteroatoms. The second kappa shape index (κ2) is 9.64. The summed E-state index contributed by atoms with van der Waals surface area (Å²) in [6, 6.07) is 5.85. The summed E-state index contributed by atoms with van der Waals surface area (Å²) in [7, 11) is 0. The molecule has 0 spiro atoms. The molecule has 1 aromatic rings. The molecule has 1 rings (SSSR count). The van der Waals surface area contributed by atoms with Crippen LogP contribution in [0.5, 0.6) is 0 Å². The van der Waals surface area contributed by atoms with E-state index in [0.29, 0.717) is 5.02 Å². The molecule has 0 atom stereocenters. The number of primary amides is 1. The molecule has 0 aliphatic heterocycles. The number of nitrogens with one attached hydrogen (secondary N) is 1. The number of benzene rings is 1. The van der Waals surface area contributed by atoms with Crippen LogP contribution in [-0.4, -0.2) is 25.5 Å². The molecular weight excluding hydrogens is 286 g/mol. The van der Waals surface area contributed by atoms with Gasteiger partial charge in [0.05, 0.1) is 17.3 Å². The molecule has 0 bridgehead atoms. The van der Waals surface area contributed by atoms with Crippen molar-refractivity contribution in [1.82, 2.24) is 5.32 Å². The number of anilines is 1. The number of hydrogen-bond acceptors (Lipinski definition) is 3. The van der Waals surface area contributed by atoms with Crippen molar-refractivity contribution >= 4 is 23.2 Å². The topological polar surface area (TPSA) is 58.4 Å². The summed E-state index contributed by atoms with van der Waals surface area (Å²) >= 11 is 6.38. The maximum Gasteiger partial charge on any atom is 0.236 e. The zero-order chi connectivity index (χ0) is 15.7. The van der Waals surface area contributed by atoms with Gasteiger partial charge < -0.3 is 16.0 Å². The van der Waals surface area contributed by atoms with Gasteiger partial charge in [-0.2, -0.15) is 0 Å². The third kappa shape index (κ3) is 5.94. The zero-order valence-corrected chi connectivity index (χ0v) is 13.7. The van der Waals surface area contributed by atoms with E-state index in [2.05, 4.69) is 19.2 Å². The summed E-state index contributed by atoms with van der Waals surface area (Å²) in [5, 5.41) is 4.05. The minimum atomic E-state index is -0.335. The van der Waals surface area contributed by atoms with Crippen LogP contribution in [-0.2, 0) is 11.3 Å². The Hall–Kier alpha value is -1.26. The Morgan fingerprint density at radius 1 is 1.33 bits per heavy atom. The number of para-hydroxylation sites is 1. The fourth-order valence-electron chi connectivity index (χ4n) is 2.26. The zero-order valence-electron chi connectivity index (χ0n) is 13.0. The normalized spacial score (nSPS) is 10.6. The molecule has 0 aromatic heterocycles. The van der Waals surface area contributed by atoms with Crippen LogP contribution in [0.3, 0.4) is 0 Å². The summed E-state index contributed by atoms with van der Waals surface area (Å²) in [6.45, 7) is 6.93. The number of rotatable bonds is 10. The molecule has 0 saturated carbocycles. The van der Waals surface area contributed by atoms with E-state index in [1.165, 1.54) is 0 Å². The fraction of sp³-hybridized carbons (Fsp3) is 0.562. The lowest BCUT2D eigenvalue weighted by atomic mass is 10.1. The Morgan fingerprint density at radius 2 is 2.10 bits per heavy atom. The monoisotopic (exact) mass is 311 g/mol. The smallest absolute Gasteiger partial charge is 0.236 e. The summed E-state index contributed by atoms with van der Waals surface area (Å²) in [4.78, 5) is 13.3. The number of carbonyl (C=O) groups excluding carboxylic acids is 1. The second-order valence-electron chi connectivity index (χ2n) is 5.17. The van der Waals surface area contributed by atoms with Crippen molar-refractivity contribution in [1.29, 1.82) is 0 Å². The van der Waals surface area contributed by atoms with Gasteiger partial charge in [-0.1, -0.05) is 44.0 Å². The van der Waals surface area contributed by atoms with Gasteiger partial charge in [0.1, 0.15) is 0 Å². The van der Waals surface area contributed by atoms with Gasteiger partial charge in [0.2, 0.25) is 5.91 Å². The summed E-state index contributed by atoms with van der Waals surface area (Å²) in [6.07, 6.45) is 3.14. The van der Waals surface area contributed by atoms with Gasteiger partial charge >= 0.3 is 0 Å². The number of halogens is 1. The van der Waals surface area contributed by atoms with E-state index in [0.717, 1.165) is 50.1 Å². The number of nitrogens with two attached hydrogens (primary N) is 1. The van der Waals surface area contributed by atoms with Crippen molar-refractivity contribution in [3.63, 3.8) is 0 Å². The summed E-state index contributed by atoms with van der Waals surface area (Å²) in [5.41, 5.74) is 7.42. The lowest BCUT2D eigenvalue weighted by Gasteiger charge is -2.27. The second-order valence-corrected chi connectivity index (χ2v) is 5.57. The first kappa shape index (κ1) is 17.8. The number of carbonyl (C=O) groups is 1. The predicted molar refractivity (Wildman–Crippen MR) is 89.8 cm³/mol. The molecule has 1 aromatic carbocycles. The first-order valence-corrected chi connectivity index (χ1v) is 7.99. The molecule has 0 fully saturated rings. The quantitative estimate of drug-likeness (QED) is 0.653. The molecule has 0 saturated heterocycles. The minimum Gasteiger partial charge on any atom is -0.368 e. The van der Waals surface area contributed by atoms with E-state index >= 15 is 0 Å². The summed E-state index contributed by atoms with van der Waals surface area (Å²) in [5.74, 6) is -0.335.